The van der Waals surface area contributed by atoms with Crippen LogP contribution in [0.4, 0.5) is 0 Å². The van der Waals surface area contributed by atoms with E-state index in [1.54, 1.807) is 11.3 Å². The zero-order chi connectivity index (χ0) is 11.8. The van der Waals surface area contributed by atoms with Crippen molar-refractivity contribution in [1.29, 1.82) is 0 Å². The van der Waals surface area contributed by atoms with Crippen LogP contribution in [0.2, 0.25) is 0 Å². The predicted octanol–water partition coefficient (Wildman–Crippen LogP) is 3.96. The summed E-state index contributed by atoms with van der Waals surface area (Å²) >= 11 is 8.69. The van der Waals surface area contributed by atoms with Gasteiger partial charge in [-0.1, -0.05) is 6.08 Å². The predicted molar refractivity (Wildman–Crippen MR) is 77.1 cm³/mol. The molecule has 0 aromatic carbocycles. The molecule has 0 aliphatic carbocycles. The first-order chi connectivity index (χ1) is 7.74. The van der Waals surface area contributed by atoms with Gasteiger partial charge in [-0.2, -0.15) is 0 Å². The summed E-state index contributed by atoms with van der Waals surface area (Å²) in [6, 6.07) is 2.13. The van der Waals surface area contributed by atoms with E-state index < -0.39 is 0 Å². The van der Waals surface area contributed by atoms with Crippen LogP contribution >= 0.6 is 43.2 Å². The van der Waals surface area contributed by atoms with E-state index in [1.165, 1.54) is 4.88 Å². The SMILES string of the molecule is C=CCCOCCNCc1cc(Br)c(Br)s1. The summed E-state index contributed by atoms with van der Waals surface area (Å²) in [6.45, 7) is 6.93. The monoisotopic (exact) mass is 367 g/mol. The molecule has 0 fully saturated rings. The highest BCUT2D eigenvalue weighted by molar-refractivity contribution is 9.13. The first kappa shape index (κ1) is 14.4. The molecule has 16 heavy (non-hydrogen) atoms. The van der Waals surface area contributed by atoms with Crippen molar-refractivity contribution in [2.75, 3.05) is 19.8 Å². The molecule has 1 aromatic rings. The first-order valence-corrected chi connectivity index (χ1v) is 7.47. The van der Waals surface area contributed by atoms with Crippen molar-refractivity contribution in [3.8, 4) is 0 Å². The topological polar surface area (TPSA) is 21.3 Å². The van der Waals surface area contributed by atoms with Gasteiger partial charge < -0.3 is 10.1 Å². The number of halogens is 2. The van der Waals surface area contributed by atoms with Crippen LogP contribution in [0.3, 0.4) is 0 Å². The molecule has 0 atom stereocenters. The smallest absolute Gasteiger partial charge is 0.0843 e. The third kappa shape index (κ3) is 5.59. The molecule has 0 bridgehead atoms. The van der Waals surface area contributed by atoms with Crippen LogP contribution in [0.1, 0.15) is 11.3 Å². The van der Waals surface area contributed by atoms with Gasteiger partial charge in [0.1, 0.15) is 0 Å². The van der Waals surface area contributed by atoms with Gasteiger partial charge in [0.25, 0.3) is 0 Å². The molecule has 1 N–H and O–H groups in total. The van der Waals surface area contributed by atoms with Crippen molar-refractivity contribution >= 4 is 43.2 Å². The summed E-state index contributed by atoms with van der Waals surface area (Å²) in [5.74, 6) is 0. The lowest BCUT2D eigenvalue weighted by Crippen LogP contribution is -2.18. The standard InChI is InChI=1S/C11H15Br2NOS/c1-2-3-5-15-6-4-14-8-9-7-10(12)11(13)16-9/h2,7,14H,1,3-6,8H2. The normalized spacial score (nSPS) is 10.6. The zero-order valence-corrected chi connectivity index (χ0v) is 13.0. The maximum atomic E-state index is 5.39. The lowest BCUT2D eigenvalue weighted by atomic mass is 10.4. The van der Waals surface area contributed by atoms with E-state index in [-0.39, 0.29) is 0 Å². The zero-order valence-electron chi connectivity index (χ0n) is 8.97. The van der Waals surface area contributed by atoms with Gasteiger partial charge in [0, 0.05) is 22.4 Å². The second-order valence-corrected chi connectivity index (χ2v) is 6.51. The minimum absolute atomic E-state index is 0.752. The average molecular weight is 369 g/mol. The number of hydrogen-bond donors (Lipinski definition) is 1. The third-order valence-corrected chi connectivity index (χ3v) is 5.14. The molecule has 90 valence electrons. The molecule has 1 rings (SSSR count). The number of thiophene rings is 1. The molecule has 0 aliphatic heterocycles. The maximum Gasteiger partial charge on any atom is 0.0843 e. The van der Waals surface area contributed by atoms with Gasteiger partial charge in [0.2, 0.25) is 0 Å². The van der Waals surface area contributed by atoms with E-state index in [0.717, 1.165) is 41.0 Å². The van der Waals surface area contributed by atoms with Gasteiger partial charge in [-0.15, -0.1) is 17.9 Å². The summed E-state index contributed by atoms with van der Waals surface area (Å²) in [5, 5.41) is 3.34. The fourth-order valence-electron chi connectivity index (χ4n) is 1.10. The van der Waals surface area contributed by atoms with Crippen molar-refractivity contribution in [3.05, 3.63) is 31.9 Å². The summed E-state index contributed by atoms with van der Waals surface area (Å²) in [6.07, 6.45) is 2.79. The van der Waals surface area contributed by atoms with Gasteiger partial charge in [-0.05, 0) is 44.3 Å². The average Bonchev–Trinajstić information content (AvgIpc) is 2.57. The second kappa shape index (κ2) is 8.42. The Kier molecular flexibility index (Phi) is 7.56. The van der Waals surface area contributed by atoms with Crippen molar-refractivity contribution in [2.24, 2.45) is 0 Å². The Hall–Kier alpha value is 0.320. The molecular weight excluding hydrogens is 354 g/mol. The molecule has 0 amide bonds. The molecule has 0 saturated carbocycles. The Morgan fingerprint density at radius 3 is 2.88 bits per heavy atom. The highest BCUT2D eigenvalue weighted by atomic mass is 79.9. The fourth-order valence-corrected chi connectivity index (χ4v) is 3.25. The molecular formula is C11H15Br2NOS. The minimum atomic E-state index is 0.752. The van der Waals surface area contributed by atoms with Crippen LogP contribution in [-0.2, 0) is 11.3 Å². The van der Waals surface area contributed by atoms with Crippen LogP contribution < -0.4 is 5.32 Å². The second-order valence-electron chi connectivity index (χ2n) is 3.20. The molecule has 0 aliphatic rings. The van der Waals surface area contributed by atoms with E-state index in [1.807, 2.05) is 6.08 Å². The highest BCUT2D eigenvalue weighted by Crippen LogP contribution is 2.32. The Bertz CT molecular complexity index is 308. The van der Waals surface area contributed by atoms with E-state index in [4.69, 9.17) is 4.74 Å². The van der Waals surface area contributed by atoms with Crippen LogP contribution in [0.15, 0.2) is 27.0 Å². The number of nitrogens with one attached hydrogen (secondary N) is 1. The quantitative estimate of drug-likeness (QED) is 0.554. The van der Waals surface area contributed by atoms with Crippen LogP contribution in [0.25, 0.3) is 0 Å². The minimum Gasteiger partial charge on any atom is -0.380 e. The molecule has 0 saturated heterocycles. The number of hydrogen-bond acceptors (Lipinski definition) is 3. The maximum absolute atomic E-state index is 5.39. The molecule has 2 nitrogen and oxygen atoms in total. The Morgan fingerprint density at radius 2 is 2.25 bits per heavy atom. The van der Waals surface area contributed by atoms with E-state index in [0.29, 0.717) is 0 Å². The largest absolute Gasteiger partial charge is 0.380 e. The van der Waals surface area contributed by atoms with Gasteiger partial charge in [0.05, 0.1) is 17.0 Å². The molecule has 1 heterocycles. The Morgan fingerprint density at radius 1 is 1.44 bits per heavy atom. The lowest BCUT2D eigenvalue weighted by molar-refractivity contribution is 0.140. The van der Waals surface area contributed by atoms with Crippen molar-refractivity contribution in [1.82, 2.24) is 5.32 Å². The van der Waals surface area contributed by atoms with Gasteiger partial charge >= 0.3 is 0 Å². The first-order valence-electron chi connectivity index (χ1n) is 5.07. The van der Waals surface area contributed by atoms with Gasteiger partial charge in [-0.25, -0.2) is 0 Å². The van der Waals surface area contributed by atoms with E-state index >= 15 is 0 Å². The summed E-state index contributed by atoms with van der Waals surface area (Å²) < 4.78 is 7.66. The highest BCUT2D eigenvalue weighted by Gasteiger charge is 2.02. The van der Waals surface area contributed by atoms with Crippen molar-refractivity contribution < 1.29 is 4.74 Å². The third-order valence-electron chi connectivity index (χ3n) is 1.88. The lowest BCUT2D eigenvalue weighted by Gasteiger charge is -2.03. The number of rotatable bonds is 8. The Labute approximate surface area is 117 Å². The van der Waals surface area contributed by atoms with Gasteiger partial charge in [0.15, 0.2) is 0 Å². The van der Waals surface area contributed by atoms with Crippen molar-refractivity contribution in [2.45, 2.75) is 13.0 Å². The molecule has 5 heteroatoms. The van der Waals surface area contributed by atoms with Crippen LogP contribution in [0, 0.1) is 0 Å². The van der Waals surface area contributed by atoms with Gasteiger partial charge in [-0.3, -0.25) is 0 Å². The van der Waals surface area contributed by atoms with Crippen LogP contribution in [0.5, 0.6) is 0 Å². The summed E-state index contributed by atoms with van der Waals surface area (Å²) in [4.78, 5) is 1.31. The fraction of sp³-hybridized carbons (Fsp3) is 0.455. The Balaban J connectivity index is 2.05. The summed E-state index contributed by atoms with van der Waals surface area (Å²) in [7, 11) is 0. The number of ether oxygens (including phenoxy) is 1. The summed E-state index contributed by atoms with van der Waals surface area (Å²) in [5.41, 5.74) is 0. The van der Waals surface area contributed by atoms with E-state index in [9.17, 15) is 0 Å². The molecule has 1 aromatic heterocycles. The molecule has 0 spiro atoms. The van der Waals surface area contributed by atoms with Crippen molar-refractivity contribution in [3.63, 3.8) is 0 Å². The molecule has 0 radical (unpaired) electrons. The van der Waals surface area contributed by atoms with Crippen LogP contribution in [-0.4, -0.2) is 19.8 Å². The molecule has 0 unspecified atom stereocenters. The van der Waals surface area contributed by atoms with E-state index in [2.05, 4.69) is 49.8 Å².